The molecular formula is C16H13N3O3S. The summed E-state index contributed by atoms with van der Waals surface area (Å²) in [6.07, 6.45) is 0.742. The number of fused-ring (bicyclic) bond motifs is 1. The first-order chi connectivity index (χ1) is 11.0. The Kier molecular flexibility index (Phi) is 4.03. The lowest BCUT2D eigenvalue weighted by Crippen LogP contribution is -2.23. The third kappa shape index (κ3) is 3.35. The van der Waals surface area contributed by atoms with Gasteiger partial charge in [0.2, 0.25) is 0 Å². The summed E-state index contributed by atoms with van der Waals surface area (Å²) in [6.45, 7) is 0.257. The fourth-order valence-corrected chi connectivity index (χ4v) is 2.50. The maximum Gasteiger partial charge on any atom is 0.409 e. The number of primary amides is 1. The van der Waals surface area contributed by atoms with Gasteiger partial charge < -0.3 is 10.5 Å². The smallest absolute Gasteiger partial charge is 0.409 e. The van der Waals surface area contributed by atoms with Crippen LogP contribution in [0.5, 0.6) is 5.75 Å². The van der Waals surface area contributed by atoms with Crippen molar-refractivity contribution < 1.29 is 9.53 Å². The summed E-state index contributed by atoms with van der Waals surface area (Å²) in [5.41, 5.74) is 5.56. The van der Waals surface area contributed by atoms with E-state index in [2.05, 4.69) is 17.7 Å². The number of ether oxygens (including phenoxy) is 1. The second-order valence-corrected chi connectivity index (χ2v) is 5.46. The first kappa shape index (κ1) is 15.1. The van der Waals surface area contributed by atoms with E-state index in [1.165, 1.54) is 4.68 Å². The number of benzene rings is 2. The van der Waals surface area contributed by atoms with Gasteiger partial charge in [0, 0.05) is 10.3 Å². The number of rotatable bonds is 3. The molecule has 1 amide bonds. The minimum absolute atomic E-state index is 0.197. The van der Waals surface area contributed by atoms with Crippen LogP contribution in [0.25, 0.3) is 10.8 Å². The Morgan fingerprint density at radius 2 is 2.09 bits per heavy atom. The summed E-state index contributed by atoms with van der Waals surface area (Å²) < 4.78 is 6.18. The predicted octanol–water partition coefficient (Wildman–Crippen LogP) is 2.19. The van der Waals surface area contributed by atoms with Crippen molar-refractivity contribution in [2.75, 3.05) is 0 Å². The molecule has 0 aliphatic rings. The first-order valence-electron chi connectivity index (χ1n) is 6.78. The quantitative estimate of drug-likeness (QED) is 0.722. The summed E-state index contributed by atoms with van der Waals surface area (Å²) in [7, 11) is 0. The van der Waals surface area contributed by atoms with Crippen molar-refractivity contribution in [1.29, 1.82) is 0 Å². The highest BCUT2D eigenvalue weighted by Gasteiger charge is 2.06. The highest BCUT2D eigenvalue weighted by atomic mass is 32.1. The van der Waals surface area contributed by atoms with Crippen LogP contribution in [0.4, 0.5) is 4.79 Å². The first-order valence-corrected chi connectivity index (χ1v) is 7.23. The molecule has 1 aromatic heterocycles. The van der Waals surface area contributed by atoms with Gasteiger partial charge >= 0.3 is 6.09 Å². The fraction of sp³-hybridized carbons (Fsp3) is 0.0625. The molecule has 0 radical (unpaired) electrons. The molecule has 0 saturated heterocycles. The molecule has 0 bridgehead atoms. The molecule has 0 spiro atoms. The lowest BCUT2D eigenvalue weighted by molar-refractivity contribution is 0.211. The van der Waals surface area contributed by atoms with Crippen molar-refractivity contribution in [3.05, 3.63) is 64.6 Å². The Labute approximate surface area is 136 Å². The molecule has 0 aliphatic heterocycles. The van der Waals surface area contributed by atoms with Crippen LogP contribution < -0.4 is 16.0 Å². The molecule has 116 valence electrons. The van der Waals surface area contributed by atoms with Crippen molar-refractivity contribution in [3.8, 4) is 5.75 Å². The second kappa shape index (κ2) is 6.13. The Hall–Kier alpha value is -2.80. The molecule has 0 atom stereocenters. The summed E-state index contributed by atoms with van der Waals surface area (Å²) in [4.78, 5) is 24.0. The molecule has 6 nitrogen and oxygen atoms in total. The number of hydrogen-bond donors (Lipinski definition) is 2. The largest absolute Gasteiger partial charge is 0.410 e. The van der Waals surface area contributed by atoms with Crippen LogP contribution in [-0.4, -0.2) is 15.9 Å². The molecule has 0 fully saturated rings. The molecular weight excluding hydrogens is 314 g/mol. The maximum absolute atomic E-state index is 12.5. The van der Waals surface area contributed by atoms with Gasteiger partial charge in [0.25, 0.3) is 5.56 Å². The van der Waals surface area contributed by atoms with Gasteiger partial charge in [-0.3, -0.25) is 4.79 Å². The van der Waals surface area contributed by atoms with E-state index in [1.54, 1.807) is 42.6 Å². The molecule has 0 unspecified atom stereocenters. The van der Waals surface area contributed by atoms with Gasteiger partial charge in [-0.2, -0.15) is 5.10 Å². The predicted molar refractivity (Wildman–Crippen MR) is 89.0 cm³/mol. The molecule has 3 rings (SSSR count). The number of aromatic nitrogens is 2. The zero-order chi connectivity index (χ0) is 16.4. The lowest BCUT2D eigenvalue weighted by atomic mass is 10.2. The van der Waals surface area contributed by atoms with E-state index in [4.69, 9.17) is 10.5 Å². The Balaban J connectivity index is 1.96. The third-order valence-corrected chi connectivity index (χ3v) is 3.56. The summed E-state index contributed by atoms with van der Waals surface area (Å²) in [6, 6.07) is 12.1. The number of amides is 1. The SMILES string of the molecule is NC(=O)Oc1cccc(Cn2ncc3cc(S)ccc3c2=O)c1. The Morgan fingerprint density at radius 3 is 2.87 bits per heavy atom. The molecule has 0 aliphatic carbocycles. The van der Waals surface area contributed by atoms with Crippen molar-refractivity contribution >= 4 is 29.5 Å². The van der Waals surface area contributed by atoms with E-state index in [0.29, 0.717) is 11.1 Å². The molecule has 3 aromatic rings. The third-order valence-electron chi connectivity index (χ3n) is 3.29. The van der Waals surface area contributed by atoms with Crippen molar-refractivity contribution in [3.63, 3.8) is 0 Å². The number of carbonyl (C=O) groups excluding carboxylic acids is 1. The minimum Gasteiger partial charge on any atom is -0.410 e. The lowest BCUT2D eigenvalue weighted by Gasteiger charge is -2.08. The Morgan fingerprint density at radius 1 is 1.26 bits per heavy atom. The van der Waals surface area contributed by atoms with Crippen LogP contribution in [0.3, 0.4) is 0 Å². The normalized spacial score (nSPS) is 10.7. The zero-order valence-electron chi connectivity index (χ0n) is 12.0. The van der Waals surface area contributed by atoms with Crippen molar-refractivity contribution in [2.45, 2.75) is 11.4 Å². The van der Waals surface area contributed by atoms with Crippen LogP contribution in [0.15, 0.2) is 58.4 Å². The number of nitrogens with two attached hydrogens (primary N) is 1. The van der Waals surface area contributed by atoms with E-state index < -0.39 is 6.09 Å². The van der Waals surface area contributed by atoms with Gasteiger partial charge in [-0.15, -0.1) is 12.6 Å². The van der Waals surface area contributed by atoms with E-state index in [9.17, 15) is 9.59 Å². The minimum atomic E-state index is -0.884. The van der Waals surface area contributed by atoms with E-state index in [0.717, 1.165) is 15.8 Å². The highest BCUT2D eigenvalue weighted by molar-refractivity contribution is 7.80. The molecule has 0 saturated carbocycles. The fourth-order valence-electron chi connectivity index (χ4n) is 2.28. The summed E-state index contributed by atoms with van der Waals surface area (Å²) in [5, 5.41) is 5.48. The van der Waals surface area contributed by atoms with Crippen LogP contribution in [0.1, 0.15) is 5.56 Å². The molecule has 2 N–H and O–H groups in total. The van der Waals surface area contributed by atoms with Crippen molar-refractivity contribution in [2.24, 2.45) is 5.73 Å². The van der Waals surface area contributed by atoms with Crippen LogP contribution in [0, 0.1) is 0 Å². The zero-order valence-corrected chi connectivity index (χ0v) is 12.9. The number of carbonyl (C=O) groups is 1. The molecule has 1 heterocycles. The van der Waals surface area contributed by atoms with Gasteiger partial charge in [0.15, 0.2) is 0 Å². The number of thiol groups is 1. The summed E-state index contributed by atoms with van der Waals surface area (Å²) in [5.74, 6) is 0.323. The van der Waals surface area contributed by atoms with E-state index >= 15 is 0 Å². The Bertz CT molecular complexity index is 953. The number of hydrogen-bond acceptors (Lipinski definition) is 5. The number of nitrogens with zero attached hydrogens (tertiary/aromatic N) is 2. The van der Waals surface area contributed by atoms with Gasteiger partial charge in [-0.25, -0.2) is 9.48 Å². The van der Waals surface area contributed by atoms with E-state index in [1.807, 2.05) is 6.07 Å². The van der Waals surface area contributed by atoms with Crippen LogP contribution >= 0.6 is 12.6 Å². The average molecular weight is 327 g/mol. The molecule has 2 aromatic carbocycles. The van der Waals surface area contributed by atoms with Crippen LogP contribution in [0.2, 0.25) is 0 Å². The van der Waals surface area contributed by atoms with E-state index in [-0.39, 0.29) is 12.1 Å². The molecule has 23 heavy (non-hydrogen) atoms. The van der Waals surface area contributed by atoms with Crippen LogP contribution in [-0.2, 0) is 6.54 Å². The maximum atomic E-state index is 12.5. The average Bonchev–Trinajstić information content (AvgIpc) is 2.50. The van der Waals surface area contributed by atoms with Crippen molar-refractivity contribution in [1.82, 2.24) is 9.78 Å². The standard InChI is InChI=1S/C16H13N3O3S/c17-16(21)22-12-3-1-2-10(6-12)9-19-15(20)14-5-4-13(23)7-11(14)8-18-19/h1-8,23H,9H2,(H2,17,21). The highest BCUT2D eigenvalue weighted by Crippen LogP contribution is 2.16. The van der Waals surface area contributed by atoms with Gasteiger partial charge in [-0.1, -0.05) is 12.1 Å². The molecule has 7 heteroatoms. The summed E-state index contributed by atoms with van der Waals surface area (Å²) >= 11 is 4.25. The van der Waals surface area contributed by atoms with Gasteiger partial charge in [-0.05, 0) is 35.9 Å². The monoisotopic (exact) mass is 327 g/mol. The van der Waals surface area contributed by atoms with Gasteiger partial charge in [0.05, 0.1) is 18.1 Å². The second-order valence-electron chi connectivity index (χ2n) is 4.95. The topological polar surface area (TPSA) is 87.2 Å². The van der Waals surface area contributed by atoms with Gasteiger partial charge in [0.1, 0.15) is 5.75 Å².